The number of hydrogen-bond acceptors (Lipinski definition) is 4. The number of aliphatic hydroxyl groups is 1. The summed E-state index contributed by atoms with van der Waals surface area (Å²) >= 11 is 0. The average molecular weight is 213 g/mol. The number of aliphatic hydroxyl groups excluding tert-OH is 1. The maximum atomic E-state index is 11.4. The molecule has 1 aliphatic heterocycles. The molecule has 2 atom stereocenters. The van der Waals surface area contributed by atoms with Gasteiger partial charge in [-0.2, -0.15) is 5.10 Å². The lowest BCUT2D eigenvalue weighted by Gasteiger charge is -2.15. The fraction of sp³-hybridized carbons (Fsp3) is 0.778. The monoisotopic (exact) mass is 213 g/mol. The number of rotatable bonds is 3. The molecule has 15 heavy (non-hydrogen) atoms. The molecule has 0 spiro atoms. The van der Waals surface area contributed by atoms with Gasteiger partial charge < -0.3 is 9.84 Å². The molecule has 0 bridgehead atoms. The highest BCUT2D eigenvalue weighted by atomic mass is 16.5. The molecule has 0 radical (unpaired) electrons. The van der Waals surface area contributed by atoms with Crippen molar-refractivity contribution in [2.24, 2.45) is 13.0 Å². The van der Waals surface area contributed by atoms with Gasteiger partial charge >= 0.3 is 5.69 Å². The van der Waals surface area contributed by atoms with E-state index < -0.39 is 6.10 Å². The topological polar surface area (TPSA) is 69.3 Å². The molecular formula is C9H15N3O3. The zero-order chi connectivity index (χ0) is 10.8. The standard InChI is InChI=1S/C9H15N3O3/c1-11-6-10-12(9(11)14)4-8(13)7-2-3-15-5-7/h6-8,13H,2-5H2,1H3. The van der Waals surface area contributed by atoms with Crippen molar-refractivity contribution in [3.05, 3.63) is 16.8 Å². The van der Waals surface area contributed by atoms with Gasteiger partial charge in [0, 0.05) is 19.6 Å². The van der Waals surface area contributed by atoms with Gasteiger partial charge in [-0.15, -0.1) is 0 Å². The van der Waals surface area contributed by atoms with E-state index in [9.17, 15) is 9.90 Å². The molecule has 6 heteroatoms. The zero-order valence-corrected chi connectivity index (χ0v) is 8.67. The molecule has 6 nitrogen and oxygen atoms in total. The molecule has 2 heterocycles. The number of ether oxygens (including phenoxy) is 1. The van der Waals surface area contributed by atoms with Crippen LogP contribution in [0.2, 0.25) is 0 Å². The Balaban J connectivity index is 2.02. The molecule has 0 aliphatic carbocycles. The Morgan fingerprint density at radius 3 is 3.13 bits per heavy atom. The van der Waals surface area contributed by atoms with Crippen molar-refractivity contribution in [2.75, 3.05) is 13.2 Å². The lowest BCUT2D eigenvalue weighted by Crippen LogP contribution is -2.32. The zero-order valence-electron chi connectivity index (χ0n) is 8.67. The molecule has 84 valence electrons. The third kappa shape index (κ3) is 2.10. The normalized spacial score (nSPS) is 23.2. The first kappa shape index (κ1) is 10.4. The second-order valence-electron chi connectivity index (χ2n) is 3.90. The second kappa shape index (κ2) is 4.16. The summed E-state index contributed by atoms with van der Waals surface area (Å²) in [5.41, 5.74) is -0.201. The molecule has 1 fully saturated rings. The fourth-order valence-electron chi connectivity index (χ4n) is 1.73. The van der Waals surface area contributed by atoms with Gasteiger partial charge in [-0.25, -0.2) is 9.48 Å². The quantitative estimate of drug-likeness (QED) is 0.697. The van der Waals surface area contributed by atoms with E-state index in [0.29, 0.717) is 13.2 Å². The second-order valence-corrected chi connectivity index (χ2v) is 3.90. The molecule has 1 aliphatic rings. The van der Waals surface area contributed by atoms with E-state index in [4.69, 9.17) is 4.74 Å². The summed E-state index contributed by atoms with van der Waals surface area (Å²) in [5, 5.41) is 13.7. The van der Waals surface area contributed by atoms with Crippen LogP contribution in [0.15, 0.2) is 11.1 Å². The van der Waals surface area contributed by atoms with E-state index >= 15 is 0 Å². The summed E-state index contributed by atoms with van der Waals surface area (Å²) in [6.07, 6.45) is 1.74. The Morgan fingerprint density at radius 1 is 1.80 bits per heavy atom. The SMILES string of the molecule is Cn1cnn(CC(O)C2CCOC2)c1=O. The van der Waals surface area contributed by atoms with E-state index in [1.165, 1.54) is 15.6 Å². The summed E-state index contributed by atoms with van der Waals surface area (Å²) in [6, 6.07) is 0. The van der Waals surface area contributed by atoms with Crippen molar-refractivity contribution >= 4 is 0 Å². The van der Waals surface area contributed by atoms with Crippen LogP contribution in [0.4, 0.5) is 0 Å². The van der Waals surface area contributed by atoms with Crippen LogP contribution in [0.25, 0.3) is 0 Å². The highest BCUT2D eigenvalue weighted by Crippen LogP contribution is 2.17. The molecule has 0 amide bonds. The number of aryl methyl sites for hydroxylation is 1. The summed E-state index contributed by atoms with van der Waals surface area (Å²) < 4.78 is 7.85. The minimum atomic E-state index is -0.555. The van der Waals surface area contributed by atoms with Crippen LogP contribution in [-0.4, -0.2) is 38.8 Å². The van der Waals surface area contributed by atoms with Crippen LogP contribution in [-0.2, 0) is 18.3 Å². The van der Waals surface area contributed by atoms with Crippen molar-refractivity contribution in [1.29, 1.82) is 0 Å². The summed E-state index contributed by atoms with van der Waals surface area (Å²) in [7, 11) is 1.64. The van der Waals surface area contributed by atoms with Crippen molar-refractivity contribution in [3.63, 3.8) is 0 Å². The molecular weight excluding hydrogens is 198 g/mol. The minimum Gasteiger partial charge on any atom is -0.391 e. The maximum absolute atomic E-state index is 11.4. The highest BCUT2D eigenvalue weighted by Gasteiger charge is 2.24. The van der Waals surface area contributed by atoms with Gasteiger partial charge in [0.25, 0.3) is 0 Å². The van der Waals surface area contributed by atoms with E-state index in [0.717, 1.165) is 6.42 Å². The van der Waals surface area contributed by atoms with Crippen LogP contribution in [0, 0.1) is 5.92 Å². The molecule has 1 saturated heterocycles. The third-order valence-electron chi connectivity index (χ3n) is 2.76. The van der Waals surface area contributed by atoms with E-state index in [2.05, 4.69) is 5.10 Å². The third-order valence-corrected chi connectivity index (χ3v) is 2.76. The van der Waals surface area contributed by atoms with E-state index in [-0.39, 0.29) is 18.2 Å². The van der Waals surface area contributed by atoms with Crippen LogP contribution in [0.3, 0.4) is 0 Å². The van der Waals surface area contributed by atoms with E-state index in [1.54, 1.807) is 7.05 Å². The van der Waals surface area contributed by atoms with Gasteiger partial charge in [-0.05, 0) is 6.42 Å². The number of aromatic nitrogens is 3. The lowest BCUT2D eigenvalue weighted by atomic mass is 10.0. The number of nitrogens with zero attached hydrogens (tertiary/aromatic N) is 3. The Morgan fingerprint density at radius 2 is 2.60 bits per heavy atom. The summed E-state index contributed by atoms with van der Waals surface area (Å²) in [6.45, 7) is 1.51. The van der Waals surface area contributed by atoms with Crippen LogP contribution >= 0.6 is 0 Å². The van der Waals surface area contributed by atoms with Crippen LogP contribution < -0.4 is 5.69 Å². The lowest BCUT2D eigenvalue weighted by molar-refractivity contribution is 0.0738. The van der Waals surface area contributed by atoms with Gasteiger partial charge in [-0.1, -0.05) is 0 Å². The van der Waals surface area contributed by atoms with Crippen LogP contribution in [0.1, 0.15) is 6.42 Å². The Labute approximate surface area is 87.1 Å². The van der Waals surface area contributed by atoms with E-state index in [1.807, 2.05) is 0 Å². The molecule has 1 aromatic rings. The first-order valence-electron chi connectivity index (χ1n) is 5.02. The van der Waals surface area contributed by atoms with Gasteiger partial charge in [0.1, 0.15) is 6.33 Å². The molecule has 0 saturated carbocycles. The van der Waals surface area contributed by atoms with Gasteiger partial charge in [-0.3, -0.25) is 4.57 Å². The van der Waals surface area contributed by atoms with Gasteiger partial charge in [0.2, 0.25) is 0 Å². The Kier molecular flexibility index (Phi) is 2.88. The van der Waals surface area contributed by atoms with Gasteiger partial charge in [0.15, 0.2) is 0 Å². The highest BCUT2D eigenvalue weighted by molar-refractivity contribution is 4.74. The molecule has 1 aromatic heterocycles. The van der Waals surface area contributed by atoms with Crippen LogP contribution in [0.5, 0.6) is 0 Å². The number of hydrogen-bond donors (Lipinski definition) is 1. The Hall–Kier alpha value is -1.14. The Bertz CT molecular complexity index is 378. The molecule has 2 unspecified atom stereocenters. The van der Waals surface area contributed by atoms with Gasteiger partial charge in [0.05, 0.1) is 19.3 Å². The largest absolute Gasteiger partial charge is 0.391 e. The maximum Gasteiger partial charge on any atom is 0.345 e. The predicted octanol–water partition coefficient (Wildman–Crippen LogP) is -1.02. The van der Waals surface area contributed by atoms with Crippen molar-refractivity contribution in [1.82, 2.24) is 14.3 Å². The molecule has 1 N–H and O–H groups in total. The predicted molar refractivity (Wildman–Crippen MR) is 52.4 cm³/mol. The average Bonchev–Trinajstić information content (AvgIpc) is 2.83. The molecule has 0 aromatic carbocycles. The molecule has 2 rings (SSSR count). The van der Waals surface area contributed by atoms with Crippen molar-refractivity contribution < 1.29 is 9.84 Å². The first-order valence-corrected chi connectivity index (χ1v) is 5.02. The van der Waals surface area contributed by atoms with Crippen molar-refractivity contribution in [3.8, 4) is 0 Å². The smallest absolute Gasteiger partial charge is 0.345 e. The van der Waals surface area contributed by atoms with Crippen molar-refractivity contribution in [2.45, 2.75) is 19.1 Å². The minimum absolute atomic E-state index is 0.124. The summed E-state index contributed by atoms with van der Waals surface area (Å²) in [5.74, 6) is 0.124. The fourth-order valence-corrected chi connectivity index (χ4v) is 1.73. The summed E-state index contributed by atoms with van der Waals surface area (Å²) in [4.78, 5) is 11.4. The first-order chi connectivity index (χ1) is 7.18.